The number of rotatable bonds is 17. The number of hydrogen-bond acceptors (Lipinski definition) is 4. The summed E-state index contributed by atoms with van der Waals surface area (Å²) in [6, 6.07) is 10.5. The first-order valence-corrected chi connectivity index (χ1v) is 22.4. The third-order valence-corrected chi connectivity index (χ3v) is 30.5. The van der Waals surface area contributed by atoms with Gasteiger partial charge in [-0.25, -0.2) is 0 Å². The molecule has 0 heterocycles. The molecule has 0 aliphatic carbocycles. The molecule has 0 aromatic heterocycles. The van der Waals surface area contributed by atoms with Crippen molar-refractivity contribution < 1.29 is 0 Å². The van der Waals surface area contributed by atoms with Crippen molar-refractivity contribution in [1.82, 2.24) is 0 Å². The molecule has 0 fully saturated rings. The normalized spacial score (nSPS) is 14.2. The molecule has 0 aliphatic rings. The molecule has 25 heavy (non-hydrogen) atoms. The Kier molecular flexibility index (Phi) is 17.2. The SMILES string of the molecule is CC[Si](CC)(CC)CCCSSSSCCC([SiH3])[Si](CC)(CC)CC. The molecule has 0 saturated heterocycles. The standard InChI is InChI=1S/C18H44S4Si3/c1-7-24(8-2,9-3)17-13-15-19-21-22-20-16-14-18(23)25(10-4,11-5)12-6/h18H,7-17H2,1-6,23H3. The second kappa shape index (κ2) is 15.9. The van der Waals surface area contributed by atoms with Gasteiger partial charge in [0.1, 0.15) is 0 Å². The Morgan fingerprint density at radius 1 is 0.720 bits per heavy atom. The van der Waals surface area contributed by atoms with Gasteiger partial charge in [0.05, 0.1) is 16.1 Å². The van der Waals surface area contributed by atoms with E-state index in [1.165, 1.54) is 70.9 Å². The van der Waals surface area contributed by atoms with Crippen molar-refractivity contribution in [2.45, 2.75) is 102 Å². The first-order valence-electron chi connectivity index (χ1n) is 10.6. The van der Waals surface area contributed by atoms with Crippen LogP contribution in [0, 0.1) is 0 Å². The van der Waals surface area contributed by atoms with Gasteiger partial charge in [0.2, 0.25) is 0 Å². The third-order valence-electron chi connectivity index (χ3n) is 7.10. The van der Waals surface area contributed by atoms with Gasteiger partial charge in [0, 0.05) is 21.7 Å². The lowest BCUT2D eigenvalue weighted by atomic mass is 10.6. The zero-order chi connectivity index (χ0) is 19.2. The molecule has 0 radical (unpaired) electrons. The van der Waals surface area contributed by atoms with E-state index in [0.29, 0.717) is 0 Å². The van der Waals surface area contributed by atoms with Crippen LogP contribution in [0.3, 0.4) is 0 Å². The lowest BCUT2D eigenvalue weighted by Gasteiger charge is -2.35. The molecule has 0 rings (SSSR count). The Morgan fingerprint density at radius 2 is 1.20 bits per heavy atom. The van der Waals surface area contributed by atoms with Gasteiger partial charge in [0.25, 0.3) is 0 Å². The zero-order valence-electron chi connectivity index (χ0n) is 18.0. The van der Waals surface area contributed by atoms with E-state index in [4.69, 9.17) is 0 Å². The molecule has 0 nitrogen and oxygen atoms in total. The third kappa shape index (κ3) is 9.88. The Bertz CT molecular complexity index is 294. The van der Waals surface area contributed by atoms with Gasteiger partial charge in [-0.15, -0.1) is 0 Å². The van der Waals surface area contributed by atoms with E-state index in [-0.39, 0.29) is 0 Å². The quantitative estimate of drug-likeness (QED) is 0.119. The van der Waals surface area contributed by atoms with Crippen LogP contribution in [0.2, 0.25) is 47.5 Å². The topological polar surface area (TPSA) is 0 Å². The van der Waals surface area contributed by atoms with Crippen LogP contribution in [0.5, 0.6) is 0 Å². The monoisotopic (exact) mass is 472 g/mol. The molecule has 0 saturated carbocycles. The molecule has 0 N–H and O–H groups in total. The molecule has 0 amide bonds. The van der Waals surface area contributed by atoms with Crippen molar-refractivity contribution in [1.29, 1.82) is 0 Å². The fourth-order valence-electron chi connectivity index (χ4n) is 4.22. The molecular formula is C18H44S4Si3. The fourth-order valence-corrected chi connectivity index (χ4v) is 23.2. The van der Waals surface area contributed by atoms with Crippen LogP contribution in [0.1, 0.15) is 54.4 Å². The van der Waals surface area contributed by atoms with Gasteiger partial charge < -0.3 is 0 Å². The molecule has 0 bridgehead atoms. The number of hydrogen-bond donors (Lipinski definition) is 0. The highest BCUT2D eigenvalue weighted by molar-refractivity contribution is 9.26. The first-order chi connectivity index (χ1) is 12.0. The van der Waals surface area contributed by atoms with Crippen molar-refractivity contribution in [2.24, 2.45) is 0 Å². The molecule has 152 valence electrons. The smallest absolute Gasteiger partial charge is 0.0527 e. The van der Waals surface area contributed by atoms with Crippen molar-refractivity contribution in [3.05, 3.63) is 0 Å². The largest absolute Gasteiger partial charge is 0.0817 e. The van der Waals surface area contributed by atoms with Crippen LogP contribution >= 0.6 is 41.2 Å². The maximum Gasteiger partial charge on any atom is 0.0527 e. The highest BCUT2D eigenvalue weighted by Crippen LogP contribution is 2.45. The highest BCUT2D eigenvalue weighted by Gasteiger charge is 2.32. The summed E-state index contributed by atoms with van der Waals surface area (Å²) in [6.07, 6.45) is 2.94. The van der Waals surface area contributed by atoms with E-state index in [2.05, 4.69) is 63.1 Å². The molecule has 0 aromatic rings. The second-order valence-corrected chi connectivity index (χ2v) is 27.8. The van der Waals surface area contributed by atoms with Gasteiger partial charge in [0.15, 0.2) is 0 Å². The average molecular weight is 473 g/mol. The molecule has 7 heteroatoms. The van der Waals surface area contributed by atoms with E-state index in [0.717, 1.165) is 5.16 Å². The summed E-state index contributed by atoms with van der Waals surface area (Å²) in [7, 11) is 7.95. The van der Waals surface area contributed by atoms with E-state index in [1.807, 2.05) is 19.7 Å². The van der Waals surface area contributed by atoms with Crippen LogP contribution in [-0.2, 0) is 0 Å². The highest BCUT2D eigenvalue weighted by atomic mass is 33.7. The van der Waals surface area contributed by atoms with E-state index in [1.54, 1.807) is 6.04 Å². The Hall–Kier alpha value is 2.05. The minimum absolute atomic E-state index is 0.867. The van der Waals surface area contributed by atoms with Crippen molar-refractivity contribution >= 4 is 67.6 Å². The van der Waals surface area contributed by atoms with Gasteiger partial charge in [-0.2, -0.15) is 0 Å². The Morgan fingerprint density at radius 3 is 1.64 bits per heavy atom. The summed E-state index contributed by atoms with van der Waals surface area (Å²) in [6.45, 7) is 14.7. The predicted octanol–water partition coefficient (Wildman–Crippen LogP) is 8.15. The predicted molar refractivity (Wildman–Crippen MR) is 142 cm³/mol. The summed E-state index contributed by atoms with van der Waals surface area (Å²) in [5, 5.41) is 1.13. The van der Waals surface area contributed by atoms with Crippen molar-refractivity contribution in [3.8, 4) is 0 Å². The summed E-state index contributed by atoms with van der Waals surface area (Å²) >= 11 is 0. The van der Waals surface area contributed by atoms with E-state index >= 15 is 0 Å². The lowest BCUT2D eigenvalue weighted by molar-refractivity contribution is 0.950. The molecular weight excluding hydrogens is 429 g/mol. The maximum atomic E-state index is 2.46. The Balaban J connectivity index is 3.74. The van der Waals surface area contributed by atoms with Crippen LogP contribution in [-0.4, -0.2) is 37.9 Å². The molecule has 0 aromatic carbocycles. The molecule has 0 aliphatic heterocycles. The van der Waals surface area contributed by atoms with Crippen molar-refractivity contribution in [2.75, 3.05) is 11.5 Å². The van der Waals surface area contributed by atoms with Crippen LogP contribution in [0.15, 0.2) is 0 Å². The Labute approximate surface area is 180 Å². The van der Waals surface area contributed by atoms with Crippen LogP contribution < -0.4 is 0 Å². The first kappa shape index (κ1) is 27.1. The van der Waals surface area contributed by atoms with Crippen molar-refractivity contribution in [3.63, 3.8) is 0 Å². The second-order valence-electron chi connectivity index (χ2n) is 7.56. The summed E-state index contributed by atoms with van der Waals surface area (Å²) < 4.78 is 0. The summed E-state index contributed by atoms with van der Waals surface area (Å²) in [5.74, 6) is 2.73. The van der Waals surface area contributed by atoms with Crippen LogP contribution in [0.25, 0.3) is 0 Å². The van der Waals surface area contributed by atoms with Gasteiger partial charge in [-0.1, -0.05) is 111 Å². The average Bonchev–Trinajstić information content (AvgIpc) is 2.66. The van der Waals surface area contributed by atoms with Gasteiger partial charge in [-0.3, -0.25) is 0 Å². The molecule has 1 unspecified atom stereocenters. The van der Waals surface area contributed by atoms with Crippen LogP contribution in [0.4, 0.5) is 0 Å². The minimum atomic E-state index is -0.905. The van der Waals surface area contributed by atoms with Gasteiger partial charge in [-0.05, 0) is 32.5 Å². The summed E-state index contributed by atoms with van der Waals surface area (Å²) in [5.41, 5.74) is 0. The zero-order valence-corrected chi connectivity index (χ0v) is 25.3. The fraction of sp³-hybridized carbons (Fsp3) is 1.00. The maximum absolute atomic E-state index is 2.46. The van der Waals surface area contributed by atoms with E-state index < -0.39 is 16.1 Å². The molecule has 0 spiro atoms. The van der Waals surface area contributed by atoms with E-state index in [9.17, 15) is 0 Å². The molecule has 1 atom stereocenters. The van der Waals surface area contributed by atoms with Gasteiger partial charge >= 0.3 is 0 Å². The lowest BCUT2D eigenvalue weighted by Crippen LogP contribution is -2.38. The summed E-state index contributed by atoms with van der Waals surface area (Å²) in [4.78, 5) is 0. The minimum Gasteiger partial charge on any atom is -0.0817 e.